The van der Waals surface area contributed by atoms with Crippen LogP contribution in [0, 0.1) is 6.92 Å². The van der Waals surface area contributed by atoms with Crippen molar-refractivity contribution in [3.8, 4) is 17.0 Å². The minimum Gasteiger partial charge on any atom is -0.494 e. The van der Waals surface area contributed by atoms with E-state index in [0.29, 0.717) is 0 Å². The summed E-state index contributed by atoms with van der Waals surface area (Å²) in [5, 5.41) is 3.12. The molecule has 0 radical (unpaired) electrons. The van der Waals surface area contributed by atoms with Gasteiger partial charge in [-0.05, 0) is 37.1 Å². The second-order valence-electron chi connectivity index (χ2n) is 6.04. The molecule has 25 heavy (non-hydrogen) atoms. The second kappa shape index (κ2) is 8.63. The Morgan fingerprint density at radius 1 is 1.00 bits per heavy atom. The third kappa shape index (κ3) is 5.04. The minimum absolute atomic E-state index is 0.784. The zero-order chi connectivity index (χ0) is 17.5. The van der Waals surface area contributed by atoms with E-state index in [1.165, 1.54) is 5.56 Å². The van der Waals surface area contributed by atoms with Gasteiger partial charge in [0, 0.05) is 10.9 Å². The smallest absolute Gasteiger partial charge is 0.119 e. The fourth-order valence-electron chi connectivity index (χ4n) is 2.40. The molecule has 128 valence electrons. The number of ether oxygens (including phenoxy) is 1. The van der Waals surface area contributed by atoms with Crippen LogP contribution in [0.4, 0.5) is 0 Å². The number of thiazole rings is 1. The lowest BCUT2D eigenvalue weighted by Gasteiger charge is -2.04. The highest BCUT2D eigenvalue weighted by Crippen LogP contribution is 2.23. The van der Waals surface area contributed by atoms with Crippen LogP contribution in [-0.2, 0) is 0 Å². The van der Waals surface area contributed by atoms with E-state index in [9.17, 15) is 0 Å². The van der Waals surface area contributed by atoms with Crippen molar-refractivity contribution < 1.29 is 4.74 Å². The van der Waals surface area contributed by atoms with E-state index in [0.717, 1.165) is 47.0 Å². The van der Waals surface area contributed by atoms with E-state index < -0.39 is 0 Å². The summed E-state index contributed by atoms with van der Waals surface area (Å²) >= 11 is 1.66. The van der Waals surface area contributed by atoms with Gasteiger partial charge in [-0.1, -0.05) is 61.4 Å². The van der Waals surface area contributed by atoms with Gasteiger partial charge in [-0.25, -0.2) is 4.98 Å². The number of nitrogens with zero attached hydrogens (tertiary/aromatic N) is 1. The number of aromatic nitrogens is 1. The van der Waals surface area contributed by atoms with Crippen molar-refractivity contribution in [2.24, 2.45) is 0 Å². The molecule has 2 aromatic carbocycles. The molecule has 0 bridgehead atoms. The normalized spacial score (nSPS) is 11.1. The number of hydrogen-bond donors (Lipinski definition) is 0. The van der Waals surface area contributed by atoms with Crippen LogP contribution in [0.1, 0.15) is 35.9 Å². The van der Waals surface area contributed by atoms with Crippen LogP contribution in [0.3, 0.4) is 0 Å². The molecular formula is C22H23NOS. The average Bonchev–Trinajstić information content (AvgIpc) is 3.11. The van der Waals surface area contributed by atoms with Crippen LogP contribution in [-0.4, -0.2) is 11.6 Å². The Morgan fingerprint density at radius 3 is 2.48 bits per heavy atom. The van der Waals surface area contributed by atoms with Gasteiger partial charge in [0.1, 0.15) is 10.8 Å². The SMILES string of the molecule is CCCCOc1ccc(C=Cc2nc(-c3ccc(C)cc3)cs2)cc1. The van der Waals surface area contributed by atoms with E-state index >= 15 is 0 Å². The Labute approximate surface area is 153 Å². The summed E-state index contributed by atoms with van der Waals surface area (Å²) in [6.45, 7) is 5.05. The molecule has 0 unspecified atom stereocenters. The molecule has 0 N–H and O–H groups in total. The maximum absolute atomic E-state index is 5.69. The molecule has 0 amide bonds. The number of rotatable bonds is 7. The maximum atomic E-state index is 5.69. The lowest BCUT2D eigenvalue weighted by molar-refractivity contribution is 0.309. The van der Waals surface area contributed by atoms with Crippen molar-refractivity contribution >= 4 is 23.5 Å². The van der Waals surface area contributed by atoms with Gasteiger partial charge >= 0.3 is 0 Å². The van der Waals surface area contributed by atoms with Gasteiger partial charge in [0.25, 0.3) is 0 Å². The van der Waals surface area contributed by atoms with Crippen molar-refractivity contribution in [1.82, 2.24) is 4.98 Å². The number of aryl methyl sites for hydroxylation is 1. The Hall–Kier alpha value is -2.39. The highest BCUT2D eigenvalue weighted by atomic mass is 32.1. The summed E-state index contributed by atoms with van der Waals surface area (Å²) in [7, 11) is 0. The van der Waals surface area contributed by atoms with E-state index in [1.807, 2.05) is 12.1 Å². The molecule has 0 saturated carbocycles. The number of hydrogen-bond acceptors (Lipinski definition) is 3. The molecule has 0 fully saturated rings. The van der Waals surface area contributed by atoms with Gasteiger partial charge in [-0.2, -0.15) is 0 Å². The Kier molecular flexibility index (Phi) is 6.02. The van der Waals surface area contributed by atoms with Crippen molar-refractivity contribution in [3.05, 3.63) is 70.0 Å². The predicted octanol–water partition coefficient (Wildman–Crippen LogP) is 6.47. The second-order valence-corrected chi connectivity index (χ2v) is 6.93. The fourth-order valence-corrected chi connectivity index (χ4v) is 3.12. The van der Waals surface area contributed by atoms with E-state index in [2.05, 4.69) is 67.8 Å². The van der Waals surface area contributed by atoms with Gasteiger partial charge in [-0.15, -0.1) is 11.3 Å². The predicted molar refractivity (Wildman–Crippen MR) is 108 cm³/mol. The molecule has 0 aliphatic heterocycles. The van der Waals surface area contributed by atoms with Crippen molar-refractivity contribution in [2.45, 2.75) is 26.7 Å². The summed E-state index contributed by atoms with van der Waals surface area (Å²) in [6.07, 6.45) is 6.40. The van der Waals surface area contributed by atoms with Gasteiger partial charge in [0.05, 0.1) is 12.3 Å². The Bertz CT molecular complexity index is 816. The summed E-state index contributed by atoms with van der Waals surface area (Å²) in [5.74, 6) is 0.932. The van der Waals surface area contributed by atoms with Gasteiger partial charge in [-0.3, -0.25) is 0 Å². The molecule has 0 spiro atoms. The Morgan fingerprint density at radius 2 is 1.76 bits per heavy atom. The first kappa shape index (κ1) is 17.4. The van der Waals surface area contributed by atoms with E-state index in [4.69, 9.17) is 9.72 Å². The first-order valence-electron chi connectivity index (χ1n) is 8.68. The zero-order valence-electron chi connectivity index (χ0n) is 14.7. The monoisotopic (exact) mass is 349 g/mol. The molecule has 2 nitrogen and oxygen atoms in total. The Balaban J connectivity index is 1.63. The van der Waals surface area contributed by atoms with Crippen molar-refractivity contribution in [3.63, 3.8) is 0 Å². The zero-order valence-corrected chi connectivity index (χ0v) is 15.6. The van der Waals surface area contributed by atoms with Gasteiger partial charge < -0.3 is 4.74 Å². The summed E-state index contributed by atoms with van der Waals surface area (Å²) in [6, 6.07) is 16.7. The van der Waals surface area contributed by atoms with Crippen molar-refractivity contribution in [2.75, 3.05) is 6.61 Å². The lowest BCUT2D eigenvalue weighted by Crippen LogP contribution is -1.95. The summed E-state index contributed by atoms with van der Waals surface area (Å²) in [4.78, 5) is 4.70. The molecule has 3 aromatic rings. The van der Waals surface area contributed by atoms with Gasteiger partial charge in [0.15, 0.2) is 0 Å². The quantitative estimate of drug-likeness (QED) is 0.456. The lowest BCUT2D eigenvalue weighted by atomic mass is 10.1. The minimum atomic E-state index is 0.784. The van der Waals surface area contributed by atoms with Crippen LogP contribution in [0.5, 0.6) is 5.75 Å². The molecule has 0 saturated heterocycles. The molecule has 3 heteroatoms. The fraction of sp³-hybridized carbons (Fsp3) is 0.227. The highest BCUT2D eigenvalue weighted by molar-refractivity contribution is 7.10. The molecule has 3 rings (SSSR count). The van der Waals surface area contributed by atoms with Crippen LogP contribution in [0.25, 0.3) is 23.4 Å². The molecule has 1 heterocycles. The van der Waals surface area contributed by atoms with Crippen LogP contribution in [0.2, 0.25) is 0 Å². The standard InChI is InChI=1S/C22H23NOS/c1-3-4-15-24-20-12-7-18(8-13-20)9-14-22-23-21(16-25-22)19-10-5-17(2)6-11-19/h5-14,16H,3-4,15H2,1-2H3. The maximum Gasteiger partial charge on any atom is 0.119 e. The van der Waals surface area contributed by atoms with Crippen LogP contribution < -0.4 is 4.74 Å². The molecule has 0 aliphatic carbocycles. The third-order valence-electron chi connectivity index (χ3n) is 3.93. The van der Waals surface area contributed by atoms with Crippen LogP contribution in [0.15, 0.2) is 53.9 Å². The largest absolute Gasteiger partial charge is 0.494 e. The number of benzene rings is 2. The van der Waals surface area contributed by atoms with E-state index in [-0.39, 0.29) is 0 Å². The van der Waals surface area contributed by atoms with E-state index in [1.54, 1.807) is 11.3 Å². The molecule has 1 aromatic heterocycles. The average molecular weight is 349 g/mol. The first-order chi connectivity index (χ1) is 12.2. The third-order valence-corrected chi connectivity index (χ3v) is 4.74. The molecule has 0 atom stereocenters. The van der Waals surface area contributed by atoms with Crippen LogP contribution >= 0.6 is 11.3 Å². The molecular weight excluding hydrogens is 326 g/mol. The number of unbranched alkanes of at least 4 members (excludes halogenated alkanes) is 1. The van der Waals surface area contributed by atoms with Gasteiger partial charge in [0.2, 0.25) is 0 Å². The summed E-state index contributed by atoms with van der Waals surface area (Å²) < 4.78 is 5.69. The molecule has 0 aliphatic rings. The first-order valence-corrected chi connectivity index (χ1v) is 9.56. The van der Waals surface area contributed by atoms with Crippen molar-refractivity contribution in [1.29, 1.82) is 0 Å². The summed E-state index contributed by atoms with van der Waals surface area (Å²) in [5.41, 5.74) is 4.61. The highest BCUT2D eigenvalue weighted by Gasteiger charge is 2.02. The topological polar surface area (TPSA) is 22.1 Å².